The van der Waals surface area contributed by atoms with Gasteiger partial charge in [0.2, 0.25) is 0 Å². The van der Waals surface area contributed by atoms with Gasteiger partial charge in [-0.1, -0.05) is 50.6 Å². The van der Waals surface area contributed by atoms with Gasteiger partial charge in [-0.3, -0.25) is 15.1 Å². The number of aliphatic hydroxyl groups is 1. The van der Waals surface area contributed by atoms with Crippen LogP contribution in [0.25, 0.3) is 16.8 Å². The van der Waals surface area contributed by atoms with Gasteiger partial charge in [-0.15, -0.1) is 0 Å². The number of aliphatic hydroxyl groups excluding tert-OH is 1. The summed E-state index contributed by atoms with van der Waals surface area (Å²) < 4.78 is 54.5. The molecule has 0 radical (unpaired) electrons. The summed E-state index contributed by atoms with van der Waals surface area (Å²) >= 11 is 6.33. The topological polar surface area (TPSA) is 125 Å². The number of carbonyl (C=O) groups is 1. The third-order valence-electron chi connectivity index (χ3n) is 6.73. The Balaban J connectivity index is 1.71. The van der Waals surface area contributed by atoms with E-state index in [-0.39, 0.29) is 33.2 Å². The quantitative estimate of drug-likeness (QED) is 0.108. The number of alkyl halides is 4. The van der Waals surface area contributed by atoms with Gasteiger partial charge in [0, 0.05) is 23.9 Å². The molecule has 0 aliphatic rings. The van der Waals surface area contributed by atoms with Crippen LogP contribution in [0, 0.1) is 10.8 Å². The number of benzene rings is 2. The van der Waals surface area contributed by atoms with Crippen LogP contribution in [0.15, 0.2) is 61.2 Å². The summed E-state index contributed by atoms with van der Waals surface area (Å²) in [6.07, 6.45) is 1.13. The molecule has 0 saturated heterocycles. The Bertz CT molecular complexity index is 1600. The fourth-order valence-electron chi connectivity index (χ4n) is 4.40. The minimum atomic E-state index is -2.95. The molecule has 2 aromatic heterocycles. The summed E-state index contributed by atoms with van der Waals surface area (Å²) in [5.41, 5.74) is 1.34. The molecule has 4 rings (SSSR count). The van der Waals surface area contributed by atoms with Crippen molar-refractivity contribution in [3.05, 3.63) is 83.2 Å². The molecule has 0 aliphatic carbocycles. The molecule has 0 unspecified atom stereocenters. The maximum absolute atomic E-state index is 14.0. The van der Waals surface area contributed by atoms with Crippen LogP contribution in [0.4, 0.5) is 17.6 Å². The lowest BCUT2D eigenvalue weighted by Crippen LogP contribution is -2.48. The third kappa shape index (κ3) is 7.42. The first-order valence-electron chi connectivity index (χ1n) is 13.5. The van der Waals surface area contributed by atoms with Crippen molar-refractivity contribution in [3.63, 3.8) is 0 Å². The number of hydrogen-bond donors (Lipinski definition) is 3. The molecule has 15 heteroatoms. The number of rotatable bonds is 10. The standard InChI is InChI=1S/C29H31ClF4N8O2/c1-29(2,3)10-11-36-28(35)41(26(44)18-6-4-17(5-7-18)20-13-38-40(14-20)27(33)34)23(15-43)19-8-9-21(30)22(12-19)42-25(24(31)32)37-16-39-42/h4-9,12-14,16,23-24,27,43H,10-11,15H2,1-3H3,(H2,35,36)/t23-/m1/s1. The summed E-state index contributed by atoms with van der Waals surface area (Å²) in [4.78, 5) is 18.6. The molecule has 1 amide bonds. The smallest absolute Gasteiger partial charge is 0.333 e. The first-order chi connectivity index (χ1) is 20.8. The number of nitrogens with one attached hydrogen (secondary N) is 2. The van der Waals surface area contributed by atoms with E-state index in [4.69, 9.17) is 17.0 Å². The number of aromatic nitrogens is 5. The Labute approximate surface area is 255 Å². The Morgan fingerprint density at radius 1 is 1.09 bits per heavy atom. The first-order valence-corrected chi connectivity index (χ1v) is 13.9. The van der Waals surface area contributed by atoms with Gasteiger partial charge in [-0.25, -0.2) is 23.1 Å². The van der Waals surface area contributed by atoms with E-state index in [9.17, 15) is 27.5 Å². The van der Waals surface area contributed by atoms with Crippen LogP contribution >= 0.6 is 11.6 Å². The highest BCUT2D eigenvalue weighted by atomic mass is 35.5. The van der Waals surface area contributed by atoms with Crippen molar-refractivity contribution >= 4 is 23.5 Å². The fourth-order valence-corrected chi connectivity index (χ4v) is 4.60. The molecule has 0 spiro atoms. The highest BCUT2D eigenvalue weighted by Crippen LogP contribution is 2.31. The number of halogens is 5. The third-order valence-corrected chi connectivity index (χ3v) is 7.05. The zero-order valence-electron chi connectivity index (χ0n) is 24.1. The second kappa shape index (κ2) is 13.6. The minimum Gasteiger partial charge on any atom is -0.394 e. The summed E-state index contributed by atoms with van der Waals surface area (Å²) in [5.74, 6) is -1.60. The van der Waals surface area contributed by atoms with Crippen molar-refractivity contribution < 1.29 is 27.5 Å². The molecule has 0 aliphatic heterocycles. The van der Waals surface area contributed by atoms with Gasteiger partial charge >= 0.3 is 6.55 Å². The van der Waals surface area contributed by atoms with Crippen molar-refractivity contribution in [1.29, 1.82) is 5.41 Å². The van der Waals surface area contributed by atoms with E-state index >= 15 is 0 Å². The van der Waals surface area contributed by atoms with Gasteiger partial charge in [-0.2, -0.15) is 19.0 Å². The maximum atomic E-state index is 14.0. The molecule has 0 bridgehead atoms. The average molecular weight is 635 g/mol. The summed E-state index contributed by atoms with van der Waals surface area (Å²) in [6, 6.07) is 9.24. The molecule has 1 atom stereocenters. The predicted molar refractivity (Wildman–Crippen MR) is 156 cm³/mol. The zero-order valence-corrected chi connectivity index (χ0v) is 24.8. The average Bonchev–Trinajstić information content (AvgIpc) is 3.66. The van der Waals surface area contributed by atoms with Crippen LogP contribution < -0.4 is 5.32 Å². The van der Waals surface area contributed by atoms with E-state index < -0.39 is 37.4 Å². The Morgan fingerprint density at radius 2 is 1.80 bits per heavy atom. The molecule has 0 fully saturated rings. The molecular formula is C29H31ClF4N8O2. The van der Waals surface area contributed by atoms with Crippen LogP contribution in [0.2, 0.25) is 5.02 Å². The van der Waals surface area contributed by atoms with Crippen molar-refractivity contribution in [2.24, 2.45) is 5.41 Å². The van der Waals surface area contributed by atoms with Crippen molar-refractivity contribution in [1.82, 2.24) is 34.8 Å². The number of amides is 1. The van der Waals surface area contributed by atoms with Crippen molar-refractivity contribution in [3.8, 4) is 16.8 Å². The molecule has 234 valence electrons. The van der Waals surface area contributed by atoms with Crippen LogP contribution in [-0.2, 0) is 0 Å². The number of carbonyl (C=O) groups excluding carboxylic acids is 1. The van der Waals surface area contributed by atoms with E-state index in [0.717, 1.165) is 15.9 Å². The second-order valence-corrected chi connectivity index (χ2v) is 11.5. The van der Waals surface area contributed by atoms with Crippen molar-refractivity contribution in [2.45, 2.75) is 46.2 Å². The molecule has 2 heterocycles. The summed E-state index contributed by atoms with van der Waals surface area (Å²) in [5, 5.41) is 29.9. The summed E-state index contributed by atoms with van der Waals surface area (Å²) in [6.45, 7) is 2.98. The van der Waals surface area contributed by atoms with Crippen LogP contribution in [0.5, 0.6) is 0 Å². The lowest BCUT2D eigenvalue weighted by atomic mass is 9.92. The van der Waals surface area contributed by atoms with E-state index in [1.165, 1.54) is 42.7 Å². The van der Waals surface area contributed by atoms with E-state index in [1.54, 1.807) is 12.1 Å². The molecule has 10 nitrogen and oxygen atoms in total. The number of nitrogens with zero attached hydrogens (tertiary/aromatic N) is 6. The molecule has 3 N–H and O–H groups in total. The van der Waals surface area contributed by atoms with Gasteiger partial charge < -0.3 is 10.4 Å². The molecule has 4 aromatic rings. The molecular weight excluding hydrogens is 604 g/mol. The molecule has 2 aromatic carbocycles. The SMILES string of the molecule is CC(C)(C)CCNC(=N)N(C(=O)c1ccc(-c2cnn(C(F)F)c2)cc1)[C@H](CO)c1ccc(Cl)c(-n2ncnc2C(F)F)c1. The van der Waals surface area contributed by atoms with E-state index in [1.807, 2.05) is 20.8 Å². The van der Waals surface area contributed by atoms with Crippen LogP contribution in [0.3, 0.4) is 0 Å². The van der Waals surface area contributed by atoms with Crippen LogP contribution in [-0.4, -0.2) is 59.6 Å². The Morgan fingerprint density at radius 3 is 2.39 bits per heavy atom. The largest absolute Gasteiger partial charge is 0.394 e. The predicted octanol–water partition coefficient (Wildman–Crippen LogP) is 6.25. The van der Waals surface area contributed by atoms with E-state index in [2.05, 4.69) is 20.5 Å². The van der Waals surface area contributed by atoms with Gasteiger partial charge in [0.15, 0.2) is 11.8 Å². The molecule has 44 heavy (non-hydrogen) atoms. The van der Waals surface area contributed by atoms with Gasteiger partial charge in [-0.05, 0) is 47.2 Å². The van der Waals surface area contributed by atoms with Gasteiger partial charge in [0.1, 0.15) is 6.33 Å². The highest BCUT2D eigenvalue weighted by Gasteiger charge is 2.31. The lowest BCUT2D eigenvalue weighted by molar-refractivity contribution is 0.0566. The summed E-state index contributed by atoms with van der Waals surface area (Å²) in [7, 11) is 0. The Hall–Kier alpha value is -4.30. The van der Waals surface area contributed by atoms with Crippen LogP contribution in [0.1, 0.15) is 68.0 Å². The number of hydrogen-bond acceptors (Lipinski definition) is 6. The maximum Gasteiger partial charge on any atom is 0.333 e. The fraction of sp³-hybridized carbons (Fsp3) is 0.345. The van der Waals surface area contributed by atoms with Gasteiger partial charge in [0.05, 0.1) is 29.6 Å². The second-order valence-electron chi connectivity index (χ2n) is 11.1. The monoisotopic (exact) mass is 634 g/mol. The Kier molecular flexibility index (Phi) is 10.0. The normalized spacial score (nSPS) is 12.5. The van der Waals surface area contributed by atoms with Gasteiger partial charge in [0.25, 0.3) is 12.3 Å². The highest BCUT2D eigenvalue weighted by molar-refractivity contribution is 6.32. The molecule has 0 saturated carbocycles. The zero-order chi connectivity index (χ0) is 32.2. The first kappa shape index (κ1) is 32.6. The minimum absolute atomic E-state index is 0.0451. The van der Waals surface area contributed by atoms with Crippen molar-refractivity contribution in [2.75, 3.05) is 13.2 Å². The van der Waals surface area contributed by atoms with E-state index in [0.29, 0.717) is 28.8 Å². The number of guanidine groups is 1. The lowest BCUT2D eigenvalue weighted by Gasteiger charge is -2.32.